The minimum Gasteiger partial charge on any atom is -0.260 e. The zero-order chi connectivity index (χ0) is 13.1. The molecule has 0 bridgehead atoms. The highest BCUT2D eigenvalue weighted by Crippen LogP contribution is 2.20. The predicted octanol–water partition coefficient (Wildman–Crippen LogP) is 1.49. The van der Waals surface area contributed by atoms with Gasteiger partial charge in [-0.3, -0.25) is 4.21 Å². The second-order valence-electron chi connectivity index (χ2n) is 3.59. The highest BCUT2D eigenvalue weighted by molar-refractivity contribution is 9.10. The number of benzene rings is 1. The standard InChI is InChI=1S/C10H14BrNO3S2/c1-8(16(2)13)7-12-17(14,15)10-6-4-3-5-9(10)11/h3-6,8,12H,7H2,1-2H3. The van der Waals surface area contributed by atoms with Crippen molar-refractivity contribution in [2.45, 2.75) is 17.1 Å². The molecule has 0 aromatic heterocycles. The third-order valence-electron chi connectivity index (χ3n) is 2.25. The van der Waals surface area contributed by atoms with E-state index in [0.717, 1.165) is 0 Å². The van der Waals surface area contributed by atoms with Crippen LogP contribution in [0.4, 0.5) is 0 Å². The van der Waals surface area contributed by atoms with Gasteiger partial charge in [0.05, 0.1) is 4.90 Å². The Labute approximate surface area is 112 Å². The zero-order valence-electron chi connectivity index (χ0n) is 9.51. The van der Waals surface area contributed by atoms with Crippen LogP contribution in [0.5, 0.6) is 0 Å². The molecular weight excluding hydrogens is 326 g/mol. The molecule has 0 saturated carbocycles. The Bertz CT molecular complexity index is 516. The van der Waals surface area contributed by atoms with E-state index in [4.69, 9.17) is 0 Å². The molecule has 0 heterocycles. The SMILES string of the molecule is CC(CNS(=O)(=O)c1ccccc1Br)S(C)=O. The van der Waals surface area contributed by atoms with Crippen LogP contribution in [0.1, 0.15) is 6.92 Å². The first-order valence-electron chi connectivity index (χ1n) is 4.91. The summed E-state index contributed by atoms with van der Waals surface area (Å²) in [6.07, 6.45) is 1.55. The Morgan fingerprint density at radius 1 is 1.41 bits per heavy atom. The molecule has 0 spiro atoms. The van der Waals surface area contributed by atoms with E-state index in [1.807, 2.05) is 0 Å². The Hall–Kier alpha value is -0.240. The van der Waals surface area contributed by atoms with Crippen molar-refractivity contribution in [3.05, 3.63) is 28.7 Å². The molecular formula is C10H14BrNO3S2. The number of halogens is 1. The normalized spacial score (nSPS) is 15.5. The van der Waals surface area contributed by atoms with Gasteiger partial charge >= 0.3 is 0 Å². The number of hydrogen-bond donors (Lipinski definition) is 1. The van der Waals surface area contributed by atoms with Crippen LogP contribution < -0.4 is 4.72 Å². The molecule has 1 rings (SSSR count). The quantitative estimate of drug-likeness (QED) is 0.883. The molecule has 0 amide bonds. The van der Waals surface area contributed by atoms with E-state index in [0.29, 0.717) is 4.47 Å². The summed E-state index contributed by atoms with van der Waals surface area (Å²) in [6.45, 7) is 1.89. The largest absolute Gasteiger partial charge is 0.260 e. The van der Waals surface area contributed by atoms with Gasteiger partial charge in [0, 0.05) is 33.3 Å². The van der Waals surface area contributed by atoms with Gasteiger partial charge in [0.25, 0.3) is 0 Å². The molecule has 1 N–H and O–H groups in total. The number of rotatable bonds is 5. The van der Waals surface area contributed by atoms with Crippen molar-refractivity contribution >= 4 is 36.8 Å². The molecule has 0 saturated heterocycles. The maximum absolute atomic E-state index is 11.9. The van der Waals surface area contributed by atoms with Crippen LogP contribution in [0.2, 0.25) is 0 Å². The molecule has 0 aliphatic rings. The molecule has 1 aromatic rings. The van der Waals surface area contributed by atoms with Crippen molar-refractivity contribution in [2.75, 3.05) is 12.8 Å². The molecule has 7 heteroatoms. The first-order valence-corrected chi connectivity index (χ1v) is 8.81. The average molecular weight is 340 g/mol. The molecule has 0 fully saturated rings. The average Bonchev–Trinajstić information content (AvgIpc) is 2.26. The number of sulfonamides is 1. The predicted molar refractivity (Wildman–Crippen MR) is 72.9 cm³/mol. The van der Waals surface area contributed by atoms with Crippen LogP contribution >= 0.6 is 15.9 Å². The highest BCUT2D eigenvalue weighted by atomic mass is 79.9. The lowest BCUT2D eigenvalue weighted by Gasteiger charge is -2.11. The van der Waals surface area contributed by atoms with Gasteiger partial charge in [0.1, 0.15) is 0 Å². The summed E-state index contributed by atoms with van der Waals surface area (Å²) in [6, 6.07) is 6.57. The molecule has 0 radical (unpaired) electrons. The topological polar surface area (TPSA) is 63.2 Å². The lowest BCUT2D eigenvalue weighted by atomic mass is 10.4. The van der Waals surface area contributed by atoms with Crippen LogP contribution in [-0.4, -0.2) is 30.7 Å². The first-order chi connectivity index (χ1) is 7.84. The van der Waals surface area contributed by atoms with Gasteiger partial charge in [0.2, 0.25) is 10.0 Å². The van der Waals surface area contributed by atoms with Crippen molar-refractivity contribution in [3.63, 3.8) is 0 Å². The highest BCUT2D eigenvalue weighted by Gasteiger charge is 2.18. The Kier molecular flexibility index (Phi) is 5.30. The fraction of sp³-hybridized carbons (Fsp3) is 0.400. The smallest absolute Gasteiger partial charge is 0.241 e. The van der Waals surface area contributed by atoms with Crippen molar-refractivity contribution in [2.24, 2.45) is 0 Å². The monoisotopic (exact) mass is 339 g/mol. The van der Waals surface area contributed by atoms with Crippen LogP contribution in [-0.2, 0) is 20.8 Å². The third kappa shape index (κ3) is 4.17. The van der Waals surface area contributed by atoms with Crippen molar-refractivity contribution in [1.29, 1.82) is 0 Å². The van der Waals surface area contributed by atoms with Crippen LogP contribution in [0.25, 0.3) is 0 Å². The lowest BCUT2D eigenvalue weighted by Crippen LogP contribution is -2.32. The molecule has 0 aliphatic carbocycles. The van der Waals surface area contributed by atoms with Gasteiger partial charge in [-0.2, -0.15) is 0 Å². The van der Waals surface area contributed by atoms with E-state index >= 15 is 0 Å². The van der Waals surface area contributed by atoms with Gasteiger partial charge in [-0.1, -0.05) is 12.1 Å². The molecule has 0 aliphatic heterocycles. The maximum atomic E-state index is 11.9. The lowest BCUT2D eigenvalue weighted by molar-refractivity contribution is 0.580. The first kappa shape index (κ1) is 14.8. The van der Waals surface area contributed by atoms with Gasteiger partial charge in [-0.05, 0) is 35.0 Å². The summed E-state index contributed by atoms with van der Waals surface area (Å²) in [5, 5.41) is -0.215. The molecule has 2 atom stereocenters. The van der Waals surface area contributed by atoms with Crippen molar-refractivity contribution < 1.29 is 12.6 Å². The second-order valence-corrected chi connectivity index (χ2v) is 7.98. The minimum atomic E-state index is -3.55. The van der Waals surface area contributed by atoms with Crippen LogP contribution in [0.15, 0.2) is 33.6 Å². The fourth-order valence-electron chi connectivity index (χ4n) is 1.08. The summed E-state index contributed by atoms with van der Waals surface area (Å²) in [5.41, 5.74) is 0. The molecule has 96 valence electrons. The van der Waals surface area contributed by atoms with Gasteiger partial charge < -0.3 is 0 Å². The maximum Gasteiger partial charge on any atom is 0.241 e. The zero-order valence-corrected chi connectivity index (χ0v) is 12.7. The van der Waals surface area contributed by atoms with Crippen LogP contribution in [0.3, 0.4) is 0 Å². The number of nitrogens with one attached hydrogen (secondary N) is 1. The fourth-order valence-corrected chi connectivity index (χ4v) is 3.64. The minimum absolute atomic E-state index is 0.160. The van der Waals surface area contributed by atoms with E-state index in [1.54, 1.807) is 31.4 Å². The molecule has 2 unspecified atom stereocenters. The van der Waals surface area contributed by atoms with E-state index in [1.165, 1.54) is 6.07 Å². The Balaban J connectivity index is 2.84. The summed E-state index contributed by atoms with van der Waals surface area (Å²) in [4.78, 5) is 0.189. The molecule has 1 aromatic carbocycles. The summed E-state index contributed by atoms with van der Waals surface area (Å²) in [5.74, 6) is 0. The van der Waals surface area contributed by atoms with E-state index in [2.05, 4.69) is 20.7 Å². The Morgan fingerprint density at radius 3 is 2.53 bits per heavy atom. The van der Waals surface area contributed by atoms with Gasteiger partial charge in [-0.25, -0.2) is 13.1 Å². The molecule has 4 nitrogen and oxygen atoms in total. The van der Waals surface area contributed by atoms with E-state index in [-0.39, 0.29) is 16.7 Å². The van der Waals surface area contributed by atoms with Crippen molar-refractivity contribution in [1.82, 2.24) is 4.72 Å². The van der Waals surface area contributed by atoms with Gasteiger partial charge in [-0.15, -0.1) is 0 Å². The summed E-state index contributed by atoms with van der Waals surface area (Å²) >= 11 is 3.19. The number of hydrogen-bond acceptors (Lipinski definition) is 3. The van der Waals surface area contributed by atoms with E-state index < -0.39 is 20.8 Å². The van der Waals surface area contributed by atoms with Crippen molar-refractivity contribution in [3.8, 4) is 0 Å². The summed E-state index contributed by atoms with van der Waals surface area (Å²) < 4.78 is 38.0. The molecule has 17 heavy (non-hydrogen) atoms. The second kappa shape index (κ2) is 6.08. The van der Waals surface area contributed by atoms with Crippen LogP contribution in [0, 0.1) is 0 Å². The Morgan fingerprint density at radius 2 is 2.00 bits per heavy atom. The van der Waals surface area contributed by atoms with E-state index in [9.17, 15) is 12.6 Å². The third-order valence-corrected chi connectivity index (χ3v) is 5.99. The summed E-state index contributed by atoms with van der Waals surface area (Å²) in [7, 11) is -4.60. The van der Waals surface area contributed by atoms with Gasteiger partial charge in [0.15, 0.2) is 0 Å².